The largest absolute Gasteiger partial charge is 0.466 e. The number of hydrogen-bond donors (Lipinski definition) is 0. The monoisotopic (exact) mass is 347 g/mol. The van der Waals surface area contributed by atoms with Crippen molar-refractivity contribution >= 4 is 11.9 Å². The van der Waals surface area contributed by atoms with Gasteiger partial charge < -0.3 is 9.64 Å². The van der Waals surface area contributed by atoms with E-state index in [1.165, 1.54) is 6.20 Å². The molecule has 8 heteroatoms. The van der Waals surface area contributed by atoms with Crippen molar-refractivity contribution in [3.63, 3.8) is 0 Å². The first-order chi connectivity index (χ1) is 12.0. The van der Waals surface area contributed by atoms with Crippen LogP contribution >= 0.6 is 0 Å². The van der Waals surface area contributed by atoms with E-state index in [2.05, 4.69) is 15.1 Å². The van der Waals surface area contributed by atoms with E-state index < -0.39 is 5.82 Å². The highest BCUT2D eigenvalue weighted by molar-refractivity contribution is 5.72. The van der Waals surface area contributed by atoms with Crippen molar-refractivity contribution in [1.29, 1.82) is 0 Å². The molecule has 0 aliphatic carbocycles. The number of hydrogen-bond acceptors (Lipinski definition) is 6. The number of aromatic nitrogens is 4. The topological polar surface area (TPSA) is 73.1 Å². The lowest BCUT2D eigenvalue weighted by Gasteiger charge is -2.31. The molecule has 1 aliphatic heterocycles. The molecule has 0 amide bonds. The summed E-state index contributed by atoms with van der Waals surface area (Å²) in [7, 11) is 1.76. The molecule has 1 fully saturated rings. The average Bonchev–Trinajstić information content (AvgIpc) is 2.94. The number of carbonyl (C=O) groups is 1. The van der Waals surface area contributed by atoms with Crippen LogP contribution in [0.15, 0.2) is 12.4 Å². The van der Waals surface area contributed by atoms with E-state index in [0.717, 1.165) is 5.56 Å². The Morgan fingerprint density at radius 2 is 2.08 bits per heavy atom. The molecular formula is C17H22FN5O2. The second-order valence-corrected chi connectivity index (χ2v) is 6.18. The highest BCUT2D eigenvalue weighted by atomic mass is 19.1. The van der Waals surface area contributed by atoms with Gasteiger partial charge in [-0.25, -0.2) is 14.4 Å². The number of anilines is 1. The van der Waals surface area contributed by atoms with Gasteiger partial charge in [0.15, 0.2) is 5.82 Å². The van der Waals surface area contributed by atoms with E-state index in [9.17, 15) is 9.18 Å². The second kappa shape index (κ2) is 7.16. The van der Waals surface area contributed by atoms with Crippen LogP contribution in [-0.4, -0.2) is 45.4 Å². The molecule has 0 unspecified atom stereocenters. The summed E-state index contributed by atoms with van der Waals surface area (Å²) < 4.78 is 21.0. The maximum atomic E-state index is 14.3. The first-order valence-electron chi connectivity index (χ1n) is 8.44. The lowest BCUT2D eigenvalue weighted by atomic mass is 9.97. The molecule has 1 aliphatic rings. The van der Waals surface area contributed by atoms with Crippen LogP contribution in [0, 0.1) is 18.7 Å². The van der Waals surface area contributed by atoms with Crippen molar-refractivity contribution in [2.24, 2.45) is 13.0 Å². The summed E-state index contributed by atoms with van der Waals surface area (Å²) in [6, 6.07) is 0. The van der Waals surface area contributed by atoms with Crippen LogP contribution in [0.1, 0.15) is 25.3 Å². The fourth-order valence-corrected chi connectivity index (χ4v) is 3.14. The van der Waals surface area contributed by atoms with Crippen LogP contribution in [-0.2, 0) is 16.6 Å². The quantitative estimate of drug-likeness (QED) is 0.789. The van der Waals surface area contributed by atoms with Crippen molar-refractivity contribution in [3.05, 3.63) is 23.8 Å². The van der Waals surface area contributed by atoms with Crippen LogP contribution in [0.2, 0.25) is 0 Å². The fraction of sp³-hybridized carbons (Fsp3) is 0.529. The normalized spacial score (nSPS) is 15.4. The predicted octanol–water partition coefficient (Wildman–Crippen LogP) is 2.10. The molecule has 0 aromatic carbocycles. The standard InChI is InChI=1S/C17H22FN5O2/c1-4-25-16(24)12-5-7-23(8-6-12)17-19-10-13(18)14(21-17)15-11(2)9-20-22(15)3/h9-10,12H,4-8H2,1-3H3. The molecule has 2 aromatic heterocycles. The Labute approximate surface area is 145 Å². The minimum Gasteiger partial charge on any atom is -0.466 e. The molecular weight excluding hydrogens is 325 g/mol. The SMILES string of the molecule is CCOC(=O)C1CCN(c2ncc(F)c(-c3c(C)cnn3C)n2)CC1. The second-order valence-electron chi connectivity index (χ2n) is 6.18. The maximum Gasteiger partial charge on any atom is 0.309 e. The molecule has 25 heavy (non-hydrogen) atoms. The van der Waals surface area contributed by atoms with Gasteiger partial charge in [-0.2, -0.15) is 5.10 Å². The highest BCUT2D eigenvalue weighted by Crippen LogP contribution is 2.27. The highest BCUT2D eigenvalue weighted by Gasteiger charge is 2.28. The van der Waals surface area contributed by atoms with E-state index >= 15 is 0 Å². The molecule has 0 bridgehead atoms. The van der Waals surface area contributed by atoms with Crippen LogP contribution in [0.4, 0.5) is 10.3 Å². The van der Waals surface area contributed by atoms with Crippen LogP contribution in [0.25, 0.3) is 11.4 Å². The molecule has 0 atom stereocenters. The molecule has 2 aromatic rings. The number of carbonyl (C=O) groups excluding carboxylic acids is 1. The summed E-state index contributed by atoms with van der Waals surface area (Å²) in [5.74, 6) is -0.236. The van der Waals surface area contributed by atoms with Crippen molar-refractivity contribution in [2.45, 2.75) is 26.7 Å². The van der Waals surface area contributed by atoms with Crippen molar-refractivity contribution in [2.75, 3.05) is 24.6 Å². The van der Waals surface area contributed by atoms with Gasteiger partial charge in [0, 0.05) is 20.1 Å². The molecule has 0 saturated carbocycles. The minimum atomic E-state index is -0.475. The number of rotatable bonds is 4. The van der Waals surface area contributed by atoms with E-state index in [1.807, 2.05) is 11.8 Å². The summed E-state index contributed by atoms with van der Waals surface area (Å²) in [4.78, 5) is 22.4. The predicted molar refractivity (Wildman–Crippen MR) is 90.5 cm³/mol. The Bertz CT molecular complexity index is 749. The van der Waals surface area contributed by atoms with Crippen LogP contribution < -0.4 is 4.90 Å². The number of aryl methyl sites for hydroxylation is 2. The summed E-state index contributed by atoms with van der Waals surface area (Å²) in [5.41, 5.74) is 1.74. The average molecular weight is 347 g/mol. The zero-order valence-electron chi connectivity index (χ0n) is 14.7. The molecule has 0 N–H and O–H groups in total. The molecule has 3 rings (SSSR count). The van der Waals surface area contributed by atoms with Gasteiger partial charge in [-0.05, 0) is 32.3 Å². The lowest BCUT2D eigenvalue weighted by molar-refractivity contribution is -0.148. The maximum absolute atomic E-state index is 14.3. The van der Waals surface area contributed by atoms with Gasteiger partial charge in [0.2, 0.25) is 5.95 Å². The number of esters is 1. The lowest BCUT2D eigenvalue weighted by Crippen LogP contribution is -2.38. The molecule has 1 saturated heterocycles. The van der Waals surface area contributed by atoms with E-state index in [4.69, 9.17) is 4.74 Å². The zero-order chi connectivity index (χ0) is 18.0. The van der Waals surface area contributed by atoms with Crippen molar-refractivity contribution < 1.29 is 13.9 Å². The molecule has 0 radical (unpaired) electrons. The van der Waals surface area contributed by atoms with E-state index in [-0.39, 0.29) is 17.6 Å². The van der Waals surface area contributed by atoms with Crippen LogP contribution in [0.5, 0.6) is 0 Å². The van der Waals surface area contributed by atoms with Gasteiger partial charge in [0.05, 0.1) is 30.6 Å². The summed E-state index contributed by atoms with van der Waals surface area (Å²) in [6.07, 6.45) is 4.24. The van der Waals surface area contributed by atoms with Gasteiger partial charge in [-0.3, -0.25) is 9.48 Å². The number of piperidine rings is 1. The number of nitrogens with zero attached hydrogens (tertiary/aromatic N) is 5. The first kappa shape index (κ1) is 17.3. The van der Waals surface area contributed by atoms with E-state index in [0.29, 0.717) is 44.2 Å². The molecule has 0 spiro atoms. The van der Waals surface area contributed by atoms with Crippen LogP contribution in [0.3, 0.4) is 0 Å². The Kier molecular flexibility index (Phi) is 4.96. The first-order valence-corrected chi connectivity index (χ1v) is 8.44. The van der Waals surface area contributed by atoms with Gasteiger partial charge in [-0.15, -0.1) is 0 Å². The molecule has 3 heterocycles. The minimum absolute atomic E-state index is 0.0876. The molecule has 7 nitrogen and oxygen atoms in total. The van der Waals surface area contributed by atoms with Gasteiger partial charge in [0.25, 0.3) is 0 Å². The van der Waals surface area contributed by atoms with Crippen molar-refractivity contribution in [1.82, 2.24) is 19.7 Å². The van der Waals surface area contributed by atoms with E-state index in [1.54, 1.807) is 24.9 Å². The third kappa shape index (κ3) is 3.47. The van der Waals surface area contributed by atoms with Gasteiger partial charge >= 0.3 is 5.97 Å². The fourth-order valence-electron chi connectivity index (χ4n) is 3.14. The Hall–Kier alpha value is -2.51. The van der Waals surface area contributed by atoms with Gasteiger partial charge in [-0.1, -0.05) is 0 Å². The van der Waals surface area contributed by atoms with Gasteiger partial charge in [0.1, 0.15) is 5.69 Å². The third-order valence-corrected chi connectivity index (χ3v) is 4.48. The zero-order valence-corrected chi connectivity index (χ0v) is 14.7. The summed E-state index contributed by atoms with van der Waals surface area (Å²) in [5, 5.41) is 4.15. The number of ether oxygens (including phenoxy) is 1. The summed E-state index contributed by atoms with van der Waals surface area (Å²) >= 11 is 0. The molecule has 134 valence electrons. The summed E-state index contributed by atoms with van der Waals surface area (Å²) in [6.45, 7) is 5.35. The Morgan fingerprint density at radius 1 is 1.36 bits per heavy atom. The van der Waals surface area contributed by atoms with Crippen molar-refractivity contribution in [3.8, 4) is 11.4 Å². The Balaban J connectivity index is 1.79. The third-order valence-electron chi connectivity index (χ3n) is 4.48. The number of halogens is 1. The Morgan fingerprint density at radius 3 is 2.68 bits per heavy atom. The smallest absolute Gasteiger partial charge is 0.309 e.